The Labute approximate surface area is 125 Å². The van der Waals surface area contributed by atoms with Crippen molar-refractivity contribution in [3.05, 3.63) is 17.0 Å². The summed E-state index contributed by atoms with van der Waals surface area (Å²) in [5.41, 5.74) is 0. The van der Waals surface area contributed by atoms with Crippen LogP contribution in [0.3, 0.4) is 0 Å². The zero-order chi connectivity index (χ0) is 13.9. The molecule has 0 radical (unpaired) electrons. The SMILES string of the molecule is Cc1nc(Cl)cc(Sc2nnnn2CC2CCCO2)n1. The van der Waals surface area contributed by atoms with Gasteiger partial charge in [-0.05, 0) is 42.0 Å². The minimum absolute atomic E-state index is 0.188. The highest BCUT2D eigenvalue weighted by atomic mass is 35.5. The second-order valence-electron chi connectivity index (χ2n) is 4.46. The second-order valence-corrected chi connectivity index (χ2v) is 5.83. The number of hydrogen-bond donors (Lipinski definition) is 0. The Balaban J connectivity index is 1.75. The van der Waals surface area contributed by atoms with Crippen molar-refractivity contribution in [2.24, 2.45) is 0 Å². The molecule has 0 spiro atoms. The van der Waals surface area contributed by atoms with Crippen LogP contribution in [0.15, 0.2) is 16.2 Å². The van der Waals surface area contributed by atoms with E-state index in [1.807, 2.05) is 0 Å². The number of aryl methyl sites for hydroxylation is 1. The molecule has 106 valence electrons. The number of halogens is 1. The maximum absolute atomic E-state index is 5.92. The fourth-order valence-corrected chi connectivity index (χ4v) is 3.14. The van der Waals surface area contributed by atoms with Crippen molar-refractivity contribution in [1.82, 2.24) is 30.2 Å². The first-order chi connectivity index (χ1) is 9.70. The van der Waals surface area contributed by atoms with E-state index in [-0.39, 0.29) is 6.10 Å². The molecule has 1 atom stereocenters. The molecule has 9 heteroatoms. The molecule has 3 heterocycles. The molecule has 1 aliphatic rings. The van der Waals surface area contributed by atoms with Crippen molar-refractivity contribution in [2.45, 2.75) is 42.6 Å². The second kappa shape index (κ2) is 6.02. The van der Waals surface area contributed by atoms with Gasteiger partial charge in [-0.1, -0.05) is 11.6 Å². The molecule has 1 unspecified atom stereocenters. The predicted octanol–water partition coefficient (Wildman–Crippen LogP) is 1.76. The molecule has 1 saturated heterocycles. The molecular formula is C11H13ClN6OS. The van der Waals surface area contributed by atoms with Crippen LogP contribution >= 0.6 is 23.4 Å². The van der Waals surface area contributed by atoms with Crippen LogP contribution in [0, 0.1) is 6.92 Å². The maximum atomic E-state index is 5.92. The van der Waals surface area contributed by atoms with Crippen molar-refractivity contribution < 1.29 is 4.74 Å². The molecule has 0 amide bonds. The van der Waals surface area contributed by atoms with E-state index in [0.717, 1.165) is 24.5 Å². The lowest BCUT2D eigenvalue weighted by atomic mass is 10.2. The summed E-state index contributed by atoms with van der Waals surface area (Å²) >= 11 is 7.29. The van der Waals surface area contributed by atoms with Gasteiger partial charge in [-0.25, -0.2) is 14.6 Å². The van der Waals surface area contributed by atoms with E-state index in [1.165, 1.54) is 11.8 Å². The smallest absolute Gasteiger partial charge is 0.215 e. The van der Waals surface area contributed by atoms with Gasteiger partial charge in [0.1, 0.15) is 16.0 Å². The van der Waals surface area contributed by atoms with Gasteiger partial charge < -0.3 is 4.74 Å². The Morgan fingerprint density at radius 3 is 3.15 bits per heavy atom. The molecule has 0 N–H and O–H groups in total. The fourth-order valence-electron chi connectivity index (χ4n) is 2.02. The average molecular weight is 313 g/mol. The topological polar surface area (TPSA) is 78.6 Å². The number of nitrogens with zero attached hydrogens (tertiary/aromatic N) is 6. The largest absolute Gasteiger partial charge is 0.376 e. The number of aromatic nitrogens is 6. The minimum atomic E-state index is 0.188. The van der Waals surface area contributed by atoms with E-state index in [9.17, 15) is 0 Å². The van der Waals surface area contributed by atoms with Gasteiger partial charge in [-0.2, -0.15) is 0 Å². The van der Waals surface area contributed by atoms with Crippen molar-refractivity contribution in [3.8, 4) is 0 Å². The van der Waals surface area contributed by atoms with E-state index in [1.54, 1.807) is 17.7 Å². The zero-order valence-corrected chi connectivity index (χ0v) is 12.4. The van der Waals surface area contributed by atoms with E-state index in [4.69, 9.17) is 16.3 Å². The lowest BCUT2D eigenvalue weighted by Gasteiger charge is -2.09. The summed E-state index contributed by atoms with van der Waals surface area (Å²) < 4.78 is 7.34. The molecular weight excluding hydrogens is 300 g/mol. The molecule has 2 aromatic rings. The molecule has 0 saturated carbocycles. The highest BCUT2D eigenvalue weighted by molar-refractivity contribution is 7.99. The summed E-state index contributed by atoms with van der Waals surface area (Å²) in [4.78, 5) is 8.34. The highest BCUT2D eigenvalue weighted by Gasteiger charge is 2.19. The van der Waals surface area contributed by atoms with E-state index >= 15 is 0 Å². The standard InChI is InChI=1S/C11H13ClN6OS/c1-7-13-9(12)5-10(14-7)20-11-15-16-17-18(11)6-8-3-2-4-19-8/h5,8H,2-4,6H2,1H3. The summed E-state index contributed by atoms with van der Waals surface area (Å²) in [6.07, 6.45) is 2.33. The van der Waals surface area contributed by atoms with Gasteiger partial charge in [-0.3, -0.25) is 0 Å². The molecule has 20 heavy (non-hydrogen) atoms. The minimum Gasteiger partial charge on any atom is -0.376 e. The van der Waals surface area contributed by atoms with Crippen molar-refractivity contribution >= 4 is 23.4 Å². The van der Waals surface area contributed by atoms with E-state index in [2.05, 4.69) is 25.5 Å². The molecule has 7 nitrogen and oxygen atoms in total. The van der Waals surface area contributed by atoms with Crippen LogP contribution in [-0.2, 0) is 11.3 Å². The zero-order valence-electron chi connectivity index (χ0n) is 10.9. The Kier molecular flexibility index (Phi) is 4.13. The quantitative estimate of drug-likeness (QED) is 0.796. The number of hydrogen-bond acceptors (Lipinski definition) is 7. The Hall–Kier alpha value is -1.25. The van der Waals surface area contributed by atoms with Gasteiger partial charge >= 0.3 is 0 Å². The fraction of sp³-hybridized carbons (Fsp3) is 0.545. The molecule has 1 fully saturated rings. The van der Waals surface area contributed by atoms with Gasteiger partial charge in [0, 0.05) is 12.7 Å². The Morgan fingerprint density at radius 2 is 2.40 bits per heavy atom. The summed E-state index contributed by atoms with van der Waals surface area (Å²) in [5.74, 6) is 0.623. The summed E-state index contributed by atoms with van der Waals surface area (Å²) in [7, 11) is 0. The first-order valence-electron chi connectivity index (χ1n) is 6.27. The monoisotopic (exact) mass is 312 g/mol. The first-order valence-corrected chi connectivity index (χ1v) is 7.47. The van der Waals surface area contributed by atoms with Crippen molar-refractivity contribution in [2.75, 3.05) is 6.61 Å². The van der Waals surface area contributed by atoms with Gasteiger partial charge in [0.25, 0.3) is 0 Å². The lowest BCUT2D eigenvalue weighted by Crippen LogP contribution is -2.16. The summed E-state index contributed by atoms with van der Waals surface area (Å²) in [6, 6.07) is 1.70. The van der Waals surface area contributed by atoms with Crippen LogP contribution in [0.1, 0.15) is 18.7 Å². The van der Waals surface area contributed by atoms with Crippen LogP contribution in [0.4, 0.5) is 0 Å². The average Bonchev–Trinajstić information content (AvgIpc) is 3.01. The van der Waals surface area contributed by atoms with Gasteiger partial charge in [-0.15, -0.1) is 5.10 Å². The van der Waals surface area contributed by atoms with Crippen molar-refractivity contribution in [3.63, 3.8) is 0 Å². The van der Waals surface area contributed by atoms with Crippen molar-refractivity contribution in [1.29, 1.82) is 0 Å². The Morgan fingerprint density at radius 1 is 1.50 bits per heavy atom. The van der Waals surface area contributed by atoms with E-state index in [0.29, 0.717) is 22.7 Å². The van der Waals surface area contributed by atoms with Crippen LogP contribution in [0.2, 0.25) is 5.15 Å². The molecule has 1 aliphatic heterocycles. The summed E-state index contributed by atoms with van der Waals surface area (Å²) in [5, 5.41) is 13.6. The molecule has 0 aliphatic carbocycles. The Bertz CT molecular complexity index is 580. The maximum Gasteiger partial charge on any atom is 0.215 e. The first kappa shape index (κ1) is 13.7. The third-order valence-corrected chi connectivity index (χ3v) is 3.97. The van der Waals surface area contributed by atoms with Gasteiger partial charge in [0.2, 0.25) is 5.16 Å². The third-order valence-electron chi connectivity index (χ3n) is 2.88. The normalized spacial score (nSPS) is 18.6. The van der Waals surface area contributed by atoms with Crippen LogP contribution in [0.25, 0.3) is 0 Å². The van der Waals surface area contributed by atoms with Gasteiger partial charge in [0.05, 0.1) is 12.6 Å². The molecule has 0 aromatic carbocycles. The number of tetrazole rings is 1. The highest BCUT2D eigenvalue weighted by Crippen LogP contribution is 2.26. The third kappa shape index (κ3) is 3.25. The van der Waals surface area contributed by atoms with E-state index < -0.39 is 0 Å². The van der Waals surface area contributed by atoms with Gasteiger partial charge in [0.15, 0.2) is 0 Å². The molecule has 3 rings (SSSR count). The van der Waals surface area contributed by atoms with Crippen LogP contribution in [0.5, 0.6) is 0 Å². The van der Waals surface area contributed by atoms with Crippen LogP contribution in [-0.4, -0.2) is 42.9 Å². The molecule has 0 bridgehead atoms. The predicted molar refractivity (Wildman–Crippen MR) is 72.7 cm³/mol. The number of ether oxygens (including phenoxy) is 1. The lowest BCUT2D eigenvalue weighted by molar-refractivity contribution is 0.0912. The van der Waals surface area contributed by atoms with Crippen LogP contribution < -0.4 is 0 Å². The summed E-state index contributed by atoms with van der Waals surface area (Å²) in [6.45, 7) is 3.27. The molecule has 2 aromatic heterocycles. The number of rotatable bonds is 4.